The molecule has 1 fully saturated rings. The zero-order valence-electron chi connectivity index (χ0n) is 12.6. The van der Waals surface area contributed by atoms with Gasteiger partial charge in [-0.25, -0.2) is 4.79 Å². The molecule has 1 heterocycles. The van der Waals surface area contributed by atoms with Gasteiger partial charge in [-0.05, 0) is 30.3 Å². The minimum atomic E-state index is -0.197. The Morgan fingerprint density at radius 3 is 2.48 bits per heavy atom. The zero-order chi connectivity index (χ0) is 16.2. The topological polar surface area (TPSA) is 55.8 Å². The second kappa shape index (κ2) is 6.79. The van der Waals surface area contributed by atoms with Gasteiger partial charge >= 0.3 is 6.03 Å². The van der Waals surface area contributed by atoms with Crippen molar-refractivity contribution in [3.63, 3.8) is 0 Å². The molecule has 2 aromatic carbocycles. The van der Waals surface area contributed by atoms with Crippen molar-refractivity contribution in [3.05, 3.63) is 53.6 Å². The maximum absolute atomic E-state index is 12.3. The number of anilines is 2. The first-order valence-corrected chi connectivity index (χ1v) is 7.86. The number of phenols is 1. The van der Waals surface area contributed by atoms with E-state index in [1.54, 1.807) is 29.2 Å². The van der Waals surface area contributed by atoms with Crippen molar-refractivity contribution < 1.29 is 9.90 Å². The standard InChI is InChI=1S/C17H18ClN3O2/c18-13-4-3-5-14(12-13)20-8-10-21(11-9-20)17(23)19-15-6-1-2-7-16(15)22/h1-7,12,22H,8-11H2,(H,19,23). The molecule has 3 rings (SSSR count). The molecule has 2 aromatic rings. The minimum Gasteiger partial charge on any atom is -0.506 e. The highest BCUT2D eigenvalue weighted by Gasteiger charge is 2.21. The first kappa shape index (κ1) is 15.5. The Labute approximate surface area is 140 Å². The van der Waals surface area contributed by atoms with E-state index in [-0.39, 0.29) is 11.8 Å². The highest BCUT2D eigenvalue weighted by Crippen LogP contribution is 2.23. The smallest absolute Gasteiger partial charge is 0.322 e. The summed E-state index contributed by atoms with van der Waals surface area (Å²) < 4.78 is 0. The molecule has 0 unspecified atom stereocenters. The SMILES string of the molecule is O=C(Nc1ccccc1O)N1CCN(c2cccc(Cl)c2)CC1. The van der Waals surface area contributed by atoms with Crippen LogP contribution in [0.15, 0.2) is 48.5 Å². The molecule has 0 aliphatic carbocycles. The largest absolute Gasteiger partial charge is 0.506 e. The van der Waals surface area contributed by atoms with Crippen LogP contribution in [0.4, 0.5) is 16.2 Å². The second-order valence-corrected chi connectivity index (χ2v) is 5.84. The van der Waals surface area contributed by atoms with E-state index < -0.39 is 0 Å². The van der Waals surface area contributed by atoms with Crippen LogP contribution in [0.3, 0.4) is 0 Å². The number of nitrogens with one attached hydrogen (secondary N) is 1. The van der Waals surface area contributed by atoms with E-state index >= 15 is 0 Å². The summed E-state index contributed by atoms with van der Waals surface area (Å²) in [4.78, 5) is 16.2. The number of piperazine rings is 1. The molecule has 0 aromatic heterocycles. The lowest BCUT2D eigenvalue weighted by Crippen LogP contribution is -2.50. The number of halogens is 1. The van der Waals surface area contributed by atoms with Gasteiger partial charge in [-0.1, -0.05) is 29.8 Å². The molecule has 120 valence electrons. The third-order valence-electron chi connectivity index (χ3n) is 3.89. The van der Waals surface area contributed by atoms with Crippen LogP contribution in [-0.2, 0) is 0 Å². The quantitative estimate of drug-likeness (QED) is 0.829. The van der Waals surface area contributed by atoms with Crippen molar-refractivity contribution in [1.29, 1.82) is 0 Å². The summed E-state index contributed by atoms with van der Waals surface area (Å²) in [7, 11) is 0. The van der Waals surface area contributed by atoms with Crippen LogP contribution in [-0.4, -0.2) is 42.2 Å². The number of amides is 2. The molecule has 2 N–H and O–H groups in total. The number of urea groups is 1. The van der Waals surface area contributed by atoms with Crippen molar-refractivity contribution >= 4 is 29.0 Å². The van der Waals surface area contributed by atoms with Gasteiger partial charge in [0, 0.05) is 36.9 Å². The van der Waals surface area contributed by atoms with Gasteiger partial charge in [0.1, 0.15) is 5.75 Å². The van der Waals surface area contributed by atoms with Crippen LogP contribution < -0.4 is 10.2 Å². The molecule has 1 aliphatic heterocycles. The van der Waals surface area contributed by atoms with Crippen LogP contribution in [0.1, 0.15) is 0 Å². The van der Waals surface area contributed by atoms with Crippen molar-refractivity contribution in [2.75, 3.05) is 36.4 Å². The molecule has 6 heteroatoms. The molecule has 23 heavy (non-hydrogen) atoms. The van der Waals surface area contributed by atoms with Crippen molar-refractivity contribution in [2.24, 2.45) is 0 Å². The van der Waals surface area contributed by atoms with Gasteiger partial charge in [-0.3, -0.25) is 0 Å². The molecule has 0 spiro atoms. The lowest BCUT2D eigenvalue weighted by atomic mass is 10.2. The number of carbonyl (C=O) groups is 1. The van der Waals surface area contributed by atoms with Gasteiger partial charge in [0.15, 0.2) is 0 Å². The van der Waals surface area contributed by atoms with E-state index in [2.05, 4.69) is 10.2 Å². The summed E-state index contributed by atoms with van der Waals surface area (Å²) in [5, 5.41) is 13.2. The highest BCUT2D eigenvalue weighted by atomic mass is 35.5. The highest BCUT2D eigenvalue weighted by molar-refractivity contribution is 6.30. The molecule has 0 saturated carbocycles. The third kappa shape index (κ3) is 3.68. The Morgan fingerprint density at radius 2 is 1.78 bits per heavy atom. The van der Waals surface area contributed by atoms with Crippen molar-refractivity contribution in [2.45, 2.75) is 0 Å². The first-order valence-electron chi connectivity index (χ1n) is 7.48. The number of phenolic OH excluding ortho intramolecular Hbond substituents is 1. The number of rotatable bonds is 2. The summed E-state index contributed by atoms with van der Waals surface area (Å²) in [5.41, 5.74) is 1.49. The van der Waals surface area contributed by atoms with Crippen LogP contribution in [0.25, 0.3) is 0 Å². The van der Waals surface area contributed by atoms with Gasteiger partial charge in [0.05, 0.1) is 5.69 Å². The Bertz CT molecular complexity index is 700. The van der Waals surface area contributed by atoms with Crippen molar-refractivity contribution in [1.82, 2.24) is 4.90 Å². The minimum absolute atomic E-state index is 0.0680. The monoisotopic (exact) mass is 331 g/mol. The third-order valence-corrected chi connectivity index (χ3v) is 4.12. The average molecular weight is 332 g/mol. The normalized spacial score (nSPS) is 14.7. The van der Waals surface area contributed by atoms with Gasteiger partial charge in [-0.2, -0.15) is 0 Å². The van der Waals surface area contributed by atoms with Crippen LogP contribution in [0.5, 0.6) is 5.75 Å². The summed E-state index contributed by atoms with van der Waals surface area (Å²) in [6.45, 7) is 2.72. The number of hydrogen-bond acceptors (Lipinski definition) is 3. The molecular formula is C17H18ClN3O2. The number of hydrogen-bond donors (Lipinski definition) is 2. The molecule has 1 saturated heterocycles. The van der Waals surface area contributed by atoms with Gasteiger partial charge in [0.25, 0.3) is 0 Å². The number of carbonyl (C=O) groups excluding carboxylic acids is 1. The molecule has 0 bridgehead atoms. The van der Waals surface area contributed by atoms with E-state index in [9.17, 15) is 9.90 Å². The predicted molar refractivity (Wildman–Crippen MR) is 92.4 cm³/mol. The maximum Gasteiger partial charge on any atom is 0.322 e. The van der Waals surface area contributed by atoms with E-state index in [1.807, 2.05) is 24.3 Å². The number of benzene rings is 2. The Morgan fingerprint density at radius 1 is 1.04 bits per heavy atom. The van der Waals surface area contributed by atoms with Crippen LogP contribution in [0, 0.1) is 0 Å². The average Bonchev–Trinajstić information content (AvgIpc) is 2.57. The number of aromatic hydroxyl groups is 1. The van der Waals surface area contributed by atoms with Gasteiger partial charge in [0.2, 0.25) is 0 Å². The molecule has 0 atom stereocenters. The summed E-state index contributed by atoms with van der Waals surface area (Å²) >= 11 is 6.02. The van der Waals surface area contributed by atoms with Crippen LogP contribution >= 0.6 is 11.6 Å². The summed E-state index contributed by atoms with van der Waals surface area (Å²) in [6, 6.07) is 14.2. The van der Waals surface area contributed by atoms with E-state index in [0.29, 0.717) is 23.8 Å². The molecule has 5 nitrogen and oxygen atoms in total. The zero-order valence-corrected chi connectivity index (χ0v) is 13.3. The second-order valence-electron chi connectivity index (χ2n) is 5.40. The molecule has 1 aliphatic rings. The molecule has 2 amide bonds. The summed E-state index contributed by atoms with van der Waals surface area (Å²) in [5.74, 6) is 0.0680. The van der Waals surface area contributed by atoms with Gasteiger partial charge < -0.3 is 20.2 Å². The first-order chi connectivity index (χ1) is 11.1. The lowest BCUT2D eigenvalue weighted by molar-refractivity contribution is 0.208. The Hall–Kier alpha value is -2.40. The number of nitrogens with zero attached hydrogens (tertiary/aromatic N) is 2. The maximum atomic E-state index is 12.3. The van der Waals surface area contributed by atoms with Gasteiger partial charge in [-0.15, -0.1) is 0 Å². The van der Waals surface area contributed by atoms with E-state index in [1.165, 1.54) is 0 Å². The fraction of sp³-hybridized carbons (Fsp3) is 0.235. The lowest BCUT2D eigenvalue weighted by Gasteiger charge is -2.36. The number of para-hydroxylation sites is 2. The Kier molecular flexibility index (Phi) is 4.57. The van der Waals surface area contributed by atoms with Crippen LogP contribution in [0.2, 0.25) is 5.02 Å². The Balaban J connectivity index is 1.58. The predicted octanol–water partition coefficient (Wildman–Crippen LogP) is 3.40. The summed E-state index contributed by atoms with van der Waals surface area (Å²) in [6.07, 6.45) is 0. The van der Waals surface area contributed by atoms with E-state index in [0.717, 1.165) is 18.8 Å². The fourth-order valence-electron chi connectivity index (χ4n) is 2.61. The molecular weight excluding hydrogens is 314 g/mol. The fourth-order valence-corrected chi connectivity index (χ4v) is 2.80. The molecule has 0 radical (unpaired) electrons. The van der Waals surface area contributed by atoms with E-state index in [4.69, 9.17) is 11.6 Å². The van der Waals surface area contributed by atoms with Crippen molar-refractivity contribution in [3.8, 4) is 5.75 Å².